The highest BCUT2D eigenvalue weighted by Gasteiger charge is 2.22. The Balaban J connectivity index is 2.29. The number of aliphatic carboxylic acids is 1. The second-order valence-corrected chi connectivity index (χ2v) is 5.94. The third-order valence-electron chi connectivity index (χ3n) is 2.82. The molecule has 6 heteroatoms. The number of carbonyl (C=O) groups is 2. The van der Waals surface area contributed by atoms with E-state index < -0.39 is 11.6 Å². The second-order valence-electron chi connectivity index (χ2n) is 5.94. The fraction of sp³-hybridized carbons (Fsp3) is 0.846. The molecular formula is C13H24N2O4. The maximum absolute atomic E-state index is 11.6. The van der Waals surface area contributed by atoms with Crippen LogP contribution in [0.5, 0.6) is 0 Å². The molecular weight excluding hydrogens is 248 g/mol. The molecule has 2 N–H and O–H groups in total. The molecule has 0 aromatic carbocycles. The molecule has 1 saturated heterocycles. The molecule has 1 unspecified atom stereocenters. The van der Waals surface area contributed by atoms with Crippen LogP contribution >= 0.6 is 0 Å². The first kappa shape index (κ1) is 15.9. The molecule has 0 aromatic heterocycles. The molecule has 110 valence electrons. The number of carboxylic acid groups (broad SMARTS) is 1. The molecule has 1 aliphatic rings. The van der Waals surface area contributed by atoms with Crippen molar-refractivity contribution in [1.82, 2.24) is 10.2 Å². The largest absolute Gasteiger partial charge is 0.480 e. The highest BCUT2D eigenvalue weighted by atomic mass is 16.6. The summed E-state index contributed by atoms with van der Waals surface area (Å²) >= 11 is 0. The minimum absolute atomic E-state index is 0.0601. The number of carbonyl (C=O) groups excluding carboxylic acids is 1. The molecule has 0 spiro atoms. The summed E-state index contributed by atoms with van der Waals surface area (Å²) in [6.45, 7) is 7.19. The van der Waals surface area contributed by atoms with Gasteiger partial charge in [0.15, 0.2) is 0 Å². The van der Waals surface area contributed by atoms with Gasteiger partial charge in [0, 0.05) is 12.6 Å². The number of ether oxygens (including phenoxy) is 1. The number of hydrogen-bond acceptors (Lipinski definition) is 5. The lowest BCUT2D eigenvalue weighted by Crippen LogP contribution is -2.48. The second kappa shape index (κ2) is 6.86. The Bertz CT molecular complexity index is 325. The van der Waals surface area contributed by atoms with Crippen LogP contribution in [0.1, 0.15) is 33.6 Å². The van der Waals surface area contributed by atoms with E-state index in [0.717, 1.165) is 19.4 Å². The first-order chi connectivity index (χ1) is 8.76. The van der Waals surface area contributed by atoms with Crippen molar-refractivity contribution in [3.8, 4) is 0 Å². The van der Waals surface area contributed by atoms with E-state index in [1.54, 1.807) is 0 Å². The van der Waals surface area contributed by atoms with Gasteiger partial charge in [-0.25, -0.2) is 0 Å². The SMILES string of the molecule is CC(C)(C)OC(=O)CNC1CCCN(CC(=O)O)C1. The van der Waals surface area contributed by atoms with Crippen molar-refractivity contribution in [2.75, 3.05) is 26.2 Å². The molecule has 6 nitrogen and oxygen atoms in total. The molecule has 0 aliphatic carbocycles. The van der Waals surface area contributed by atoms with E-state index in [-0.39, 0.29) is 25.1 Å². The Labute approximate surface area is 114 Å². The molecule has 1 rings (SSSR count). The normalized spacial score (nSPS) is 21.1. The number of likely N-dealkylation sites (tertiary alicyclic amines) is 1. The van der Waals surface area contributed by atoms with E-state index in [2.05, 4.69) is 5.32 Å². The van der Waals surface area contributed by atoms with Crippen LogP contribution in [0.2, 0.25) is 0 Å². The molecule has 0 bridgehead atoms. The number of rotatable bonds is 5. The fourth-order valence-corrected chi connectivity index (χ4v) is 2.16. The van der Waals surface area contributed by atoms with Crippen molar-refractivity contribution in [3.63, 3.8) is 0 Å². The summed E-state index contributed by atoms with van der Waals surface area (Å²) in [6, 6.07) is 0.153. The van der Waals surface area contributed by atoms with Crippen molar-refractivity contribution in [3.05, 3.63) is 0 Å². The molecule has 0 saturated carbocycles. The molecule has 0 radical (unpaired) electrons. The van der Waals surface area contributed by atoms with Crippen LogP contribution in [0.15, 0.2) is 0 Å². The number of nitrogens with zero attached hydrogens (tertiary/aromatic N) is 1. The van der Waals surface area contributed by atoms with Gasteiger partial charge in [0.25, 0.3) is 0 Å². The van der Waals surface area contributed by atoms with Crippen LogP contribution in [-0.4, -0.2) is 59.8 Å². The van der Waals surface area contributed by atoms with Crippen LogP contribution < -0.4 is 5.32 Å². The first-order valence-electron chi connectivity index (χ1n) is 6.65. The monoisotopic (exact) mass is 272 g/mol. The standard InChI is InChI=1S/C13H24N2O4/c1-13(2,3)19-12(18)7-14-10-5-4-6-15(8-10)9-11(16)17/h10,14H,4-9H2,1-3H3,(H,16,17). The Morgan fingerprint density at radius 1 is 1.42 bits per heavy atom. The maximum atomic E-state index is 11.6. The lowest BCUT2D eigenvalue weighted by molar-refractivity contribution is -0.154. The van der Waals surface area contributed by atoms with Gasteiger partial charge in [-0.05, 0) is 40.2 Å². The van der Waals surface area contributed by atoms with Crippen LogP contribution in [0.25, 0.3) is 0 Å². The predicted octanol–water partition coefficient (Wildman–Crippen LogP) is 0.467. The van der Waals surface area contributed by atoms with Crippen molar-refractivity contribution in [2.45, 2.75) is 45.3 Å². The van der Waals surface area contributed by atoms with Gasteiger partial charge in [-0.1, -0.05) is 0 Å². The zero-order valence-corrected chi connectivity index (χ0v) is 11.9. The fourth-order valence-electron chi connectivity index (χ4n) is 2.16. The van der Waals surface area contributed by atoms with E-state index in [0.29, 0.717) is 6.54 Å². The van der Waals surface area contributed by atoms with Gasteiger partial charge in [-0.15, -0.1) is 0 Å². The van der Waals surface area contributed by atoms with Gasteiger partial charge in [0.2, 0.25) is 0 Å². The molecule has 19 heavy (non-hydrogen) atoms. The van der Waals surface area contributed by atoms with Gasteiger partial charge in [0.1, 0.15) is 5.60 Å². The van der Waals surface area contributed by atoms with Crippen LogP contribution in [0, 0.1) is 0 Å². The summed E-state index contributed by atoms with van der Waals surface area (Å²) in [5.41, 5.74) is -0.472. The number of hydrogen-bond donors (Lipinski definition) is 2. The van der Waals surface area contributed by atoms with Crippen molar-refractivity contribution < 1.29 is 19.4 Å². The maximum Gasteiger partial charge on any atom is 0.320 e. The Hall–Kier alpha value is -1.14. The smallest absolute Gasteiger partial charge is 0.320 e. The van der Waals surface area contributed by atoms with Crippen molar-refractivity contribution in [1.29, 1.82) is 0 Å². The van der Waals surface area contributed by atoms with Gasteiger partial charge in [0.05, 0.1) is 13.1 Å². The van der Waals surface area contributed by atoms with Crippen LogP contribution in [0.3, 0.4) is 0 Å². The van der Waals surface area contributed by atoms with Crippen molar-refractivity contribution in [2.24, 2.45) is 0 Å². The topological polar surface area (TPSA) is 78.9 Å². The van der Waals surface area contributed by atoms with Gasteiger partial charge < -0.3 is 15.2 Å². The van der Waals surface area contributed by atoms with Crippen LogP contribution in [-0.2, 0) is 14.3 Å². The molecule has 1 heterocycles. The summed E-state index contributed by atoms with van der Waals surface area (Å²) in [5, 5.41) is 11.9. The zero-order chi connectivity index (χ0) is 14.5. The van der Waals surface area contributed by atoms with E-state index in [1.807, 2.05) is 25.7 Å². The van der Waals surface area contributed by atoms with Gasteiger partial charge in [-0.2, -0.15) is 0 Å². The number of nitrogens with one attached hydrogen (secondary N) is 1. The molecule has 1 aliphatic heterocycles. The van der Waals surface area contributed by atoms with Gasteiger partial charge >= 0.3 is 11.9 Å². The van der Waals surface area contributed by atoms with E-state index in [9.17, 15) is 9.59 Å². The quantitative estimate of drug-likeness (QED) is 0.708. The number of carboxylic acids is 1. The van der Waals surface area contributed by atoms with E-state index in [1.165, 1.54) is 0 Å². The van der Waals surface area contributed by atoms with Gasteiger partial charge in [-0.3, -0.25) is 14.5 Å². The average molecular weight is 272 g/mol. The lowest BCUT2D eigenvalue weighted by Gasteiger charge is -2.32. The average Bonchev–Trinajstić information content (AvgIpc) is 2.23. The minimum Gasteiger partial charge on any atom is -0.480 e. The Kier molecular flexibility index (Phi) is 5.75. The summed E-state index contributed by atoms with van der Waals surface area (Å²) in [5.74, 6) is -1.09. The Morgan fingerprint density at radius 2 is 2.11 bits per heavy atom. The molecule has 0 amide bonds. The summed E-state index contributed by atoms with van der Waals surface area (Å²) in [4.78, 5) is 24.1. The molecule has 1 fully saturated rings. The van der Waals surface area contributed by atoms with E-state index in [4.69, 9.17) is 9.84 Å². The van der Waals surface area contributed by atoms with Crippen LogP contribution in [0.4, 0.5) is 0 Å². The Morgan fingerprint density at radius 3 is 2.68 bits per heavy atom. The van der Waals surface area contributed by atoms with Crippen molar-refractivity contribution >= 4 is 11.9 Å². The molecule has 0 aromatic rings. The molecule has 1 atom stereocenters. The first-order valence-corrected chi connectivity index (χ1v) is 6.65. The minimum atomic E-state index is -0.812. The predicted molar refractivity (Wildman–Crippen MR) is 70.9 cm³/mol. The number of esters is 1. The highest BCUT2D eigenvalue weighted by Crippen LogP contribution is 2.10. The summed E-state index contributed by atoms with van der Waals surface area (Å²) < 4.78 is 5.21. The number of piperidine rings is 1. The lowest BCUT2D eigenvalue weighted by atomic mass is 10.1. The highest BCUT2D eigenvalue weighted by molar-refractivity contribution is 5.72. The summed E-state index contributed by atoms with van der Waals surface area (Å²) in [6.07, 6.45) is 1.90. The zero-order valence-electron chi connectivity index (χ0n) is 11.9. The summed E-state index contributed by atoms with van der Waals surface area (Å²) in [7, 11) is 0. The van der Waals surface area contributed by atoms with E-state index >= 15 is 0 Å². The third-order valence-corrected chi connectivity index (χ3v) is 2.82. The third kappa shape index (κ3) is 7.12.